The Bertz CT molecular complexity index is 3430. The highest BCUT2D eigenvalue weighted by atomic mass is 28.3. The Balaban J connectivity index is 1.19. The summed E-state index contributed by atoms with van der Waals surface area (Å²) >= 11 is 0. The molecule has 0 N–H and O–H groups in total. The van der Waals surface area contributed by atoms with Gasteiger partial charge < -0.3 is 13.6 Å². The van der Waals surface area contributed by atoms with Crippen LogP contribution in [0.5, 0.6) is 11.5 Å². The molecule has 0 fully saturated rings. The zero-order chi connectivity index (χ0) is 42.2. The van der Waals surface area contributed by atoms with E-state index in [4.69, 9.17) is 18.6 Å². The van der Waals surface area contributed by atoms with Gasteiger partial charge in [0, 0.05) is 37.8 Å². The largest absolute Gasteiger partial charge is 0.457 e. The van der Waals surface area contributed by atoms with Crippen molar-refractivity contribution in [3.63, 3.8) is 0 Å². The predicted octanol–water partition coefficient (Wildman–Crippen LogP) is 8.06. The van der Waals surface area contributed by atoms with E-state index in [9.17, 15) is 2.74 Å². The topological polar surface area (TPSA) is 96.4 Å². The first-order valence-corrected chi connectivity index (χ1v) is 22.1. The van der Waals surface area contributed by atoms with E-state index in [2.05, 4.69) is 145 Å². The summed E-state index contributed by atoms with van der Waals surface area (Å²) in [5.41, 5.74) is 4.72. The lowest BCUT2D eigenvalue weighted by atomic mass is 9.68. The highest BCUT2D eigenvalue weighted by Gasteiger charge is 2.50. The van der Waals surface area contributed by atoms with E-state index < -0.39 is 19.9 Å². The molecule has 7 aromatic carbocycles. The lowest BCUT2D eigenvalue weighted by Crippen LogP contribution is -2.75. The molecule has 0 saturated carbocycles. The molecule has 292 valence electrons. The van der Waals surface area contributed by atoms with Gasteiger partial charge in [-0.15, -0.1) is 10.2 Å². The molecule has 12 rings (SSSR count). The summed E-state index contributed by atoms with van der Waals surface area (Å²) in [6.07, 6.45) is 2.00. The molecule has 5 heterocycles. The van der Waals surface area contributed by atoms with E-state index >= 15 is 0 Å². The number of benzene rings is 7. The van der Waals surface area contributed by atoms with Crippen LogP contribution in [-0.4, -0.2) is 37.2 Å². The van der Waals surface area contributed by atoms with Gasteiger partial charge in [0.1, 0.15) is 17.8 Å². The van der Waals surface area contributed by atoms with Crippen molar-refractivity contribution >= 4 is 56.7 Å². The van der Waals surface area contributed by atoms with Gasteiger partial charge in [0.25, 0.3) is 0 Å². The van der Waals surface area contributed by atoms with E-state index in [0.29, 0.717) is 28.5 Å². The molecular weight excluding hydrogens is 773 g/mol. The first-order chi connectivity index (χ1) is 31.0. The number of rotatable bonds is 9. The molecule has 1 aliphatic heterocycles. The van der Waals surface area contributed by atoms with Crippen LogP contribution < -0.4 is 25.5 Å². The van der Waals surface area contributed by atoms with Gasteiger partial charge in [-0.2, -0.15) is 0 Å². The molecular formula is C51H36N6O3Si. The normalized spacial score (nSPS) is 15.6. The number of nitrogens with zero attached hydrogens (tertiary/aromatic N) is 6. The van der Waals surface area contributed by atoms with Gasteiger partial charge in [-0.25, -0.2) is 9.97 Å². The molecule has 1 aliphatic rings. The number of hydrogen-bond donors (Lipinski definition) is 0. The summed E-state index contributed by atoms with van der Waals surface area (Å²) in [6.45, 7) is 0. The number of oxazole rings is 1. The first kappa shape index (κ1) is 33.1. The molecule has 0 aliphatic carbocycles. The van der Waals surface area contributed by atoms with E-state index in [1.807, 2.05) is 54.6 Å². The van der Waals surface area contributed by atoms with Crippen molar-refractivity contribution < 1.29 is 16.3 Å². The van der Waals surface area contributed by atoms with Crippen LogP contribution in [0.25, 0.3) is 33.5 Å². The van der Waals surface area contributed by atoms with Crippen LogP contribution >= 0.6 is 0 Å². The molecule has 10 heteroatoms. The number of para-hydroxylation sites is 6. The quantitative estimate of drug-likeness (QED) is 0.108. The van der Waals surface area contributed by atoms with E-state index in [1.165, 1.54) is 6.26 Å². The molecule has 1 unspecified atom stereocenters. The Morgan fingerprint density at radius 3 is 2.08 bits per heavy atom. The summed E-state index contributed by atoms with van der Waals surface area (Å²) in [7, 11) is -3.46. The molecule has 9 nitrogen and oxygen atoms in total. The Labute approximate surface area is 354 Å². The van der Waals surface area contributed by atoms with Gasteiger partial charge in [-0.05, 0) is 63.2 Å². The van der Waals surface area contributed by atoms with Gasteiger partial charge >= 0.3 is 0 Å². The molecule has 4 aromatic heterocycles. The molecule has 1 atom stereocenters. The van der Waals surface area contributed by atoms with Crippen molar-refractivity contribution in [1.29, 1.82) is 0 Å². The summed E-state index contributed by atoms with van der Waals surface area (Å²) in [4.78, 5) is 9.78. The number of ether oxygens (including phenoxy) is 1. The van der Waals surface area contributed by atoms with Crippen molar-refractivity contribution in [3.8, 4) is 17.2 Å². The van der Waals surface area contributed by atoms with Gasteiger partial charge in [0.05, 0.1) is 28.3 Å². The lowest BCUT2D eigenvalue weighted by molar-refractivity contribution is 0.338. The van der Waals surface area contributed by atoms with E-state index in [-0.39, 0.29) is 12.3 Å². The Morgan fingerprint density at radius 1 is 0.623 bits per heavy atom. The summed E-state index contributed by atoms with van der Waals surface area (Å²) in [6, 6.07) is 60.6. The monoisotopic (exact) mass is 810 g/mol. The minimum Gasteiger partial charge on any atom is -0.457 e. The van der Waals surface area contributed by atoms with Crippen LogP contribution in [0.1, 0.15) is 25.6 Å². The van der Waals surface area contributed by atoms with Crippen molar-refractivity contribution in [3.05, 3.63) is 218 Å². The molecule has 0 bridgehead atoms. The Kier molecular flexibility index (Phi) is 7.53. The Hall–Kier alpha value is -7.82. The van der Waals surface area contributed by atoms with Crippen molar-refractivity contribution in [1.82, 2.24) is 29.1 Å². The smallest absolute Gasteiger partial charge is 0.220 e. The van der Waals surface area contributed by atoms with Crippen molar-refractivity contribution in [2.45, 2.75) is 18.2 Å². The maximum absolute atomic E-state index is 10.1. The standard InChI is InChI=1S/C51H36N6O3Si/c1-3-16-36(17-4-1)61(37-18-5-2-6-19-37,38-20-13-15-35(31-38)56-43-25-10-11-26-44(43)57-42-24-9-8-23-41(42)54-50(56)57)46-28-14-22-40-49(46)60-45-27-12-7-21-39(45)51(40,32-47-52-29-30-58-47)33-48-55-53-34-59-48/h1-31,34H,32-33H2/i33D2. The van der Waals surface area contributed by atoms with Crippen LogP contribution in [0.3, 0.4) is 0 Å². The maximum atomic E-state index is 10.1. The van der Waals surface area contributed by atoms with E-state index in [1.54, 1.807) is 6.20 Å². The molecule has 0 saturated heterocycles. The number of aromatic nitrogens is 6. The number of hydrogen-bond acceptors (Lipinski definition) is 7. The summed E-state index contributed by atoms with van der Waals surface area (Å²) in [5, 5.41) is 12.4. The predicted molar refractivity (Wildman–Crippen MR) is 239 cm³/mol. The third-order valence-electron chi connectivity index (χ3n) is 12.1. The zero-order valence-corrected chi connectivity index (χ0v) is 33.6. The third kappa shape index (κ3) is 5.32. The molecule has 0 amide bonds. The fraction of sp³-hybridized carbons (Fsp3) is 0.0588. The highest BCUT2D eigenvalue weighted by Crippen LogP contribution is 2.51. The third-order valence-corrected chi connectivity index (χ3v) is 16.9. The lowest BCUT2D eigenvalue weighted by Gasteiger charge is -2.42. The minimum absolute atomic E-state index is 0.0301. The van der Waals surface area contributed by atoms with Gasteiger partial charge in [-0.3, -0.25) is 8.97 Å². The maximum Gasteiger partial charge on any atom is 0.220 e. The van der Waals surface area contributed by atoms with Crippen LogP contribution in [-0.2, 0) is 18.2 Å². The average Bonchev–Trinajstić information content (AvgIpc) is 4.17. The molecule has 61 heavy (non-hydrogen) atoms. The fourth-order valence-corrected chi connectivity index (χ4v) is 14.5. The van der Waals surface area contributed by atoms with Crippen molar-refractivity contribution in [2.24, 2.45) is 0 Å². The molecule has 0 radical (unpaired) electrons. The Morgan fingerprint density at radius 2 is 1.31 bits per heavy atom. The summed E-state index contributed by atoms with van der Waals surface area (Å²) < 4.78 is 43.7. The van der Waals surface area contributed by atoms with Crippen LogP contribution in [0, 0.1) is 0 Å². The second-order valence-corrected chi connectivity index (χ2v) is 19.0. The average molecular weight is 811 g/mol. The molecule has 0 spiro atoms. The SMILES string of the molecule is [2H]C([2H])(c1nnco1)C1(Cc2ncco2)c2ccccc2Oc2c1cccc2[Si](c1ccccc1)(c1ccccc1)c1cccc(-n2c3ccccc3n3c4ccccc4nc23)c1. The summed E-state index contributed by atoms with van der Waals surface area (Å²) in [5.74, 6) is 2.08. The van der Waals surface area contributed by atoms with Crippen LogP contribution in [0.4, 0.5) is 0 Å². The minimum atomic E-state index is -3.46. The molecule has 11 aromatic rings. The first-order valence-electron chi connectivity index (χ1n) is 21.1. The van der Waals surface area contributed by atoms with Crippen molar-refractivity contribution in [2.75, 3.05) is 0 Å². The van der Waals surface area contributed by atoms with Gasteiger partial charge in [-0.1, -0.05) is 133 Å². The number of fused-ring (bicyclic) bond motifs is 7. The van der Waals surface area contributed by atoms with Crippen LogP contribution in [0.15, 0.2) is 204 Å². The van der Waals surface area contributed by atoms with Gasteiger partial charge in [0.2, 0.25) is 18.1 Å². The number of imidazole rings is 2. The zero-order valence-electron chi connectivity index (χ0n) is 34.6. The fourth-order valence-electron chi connectivity index (χ4n) is 9.61. The highest BCUT2D eigenvalue weighted by molar-refractivity contribution is 7.20. The van der Waals surface area contributed by atoms with Gasteiger partial charge in [0.15, 0.2) is 14.0 Å². The second kappa shape index (κ2) is 13.9. The van der Waals surface area contributed by atoms with E-state index in [0.717, 1.165) is 60.7 Å². The second-order valence-electron chi connectivity index (χ2n) is 15.2. The van der Waals surface area contributed by atoms with Crippen LogP contribution in [0.2, 0.25) is 0 Å².